The van der Waals surface area contributed by atoms with Crippen LogP contribution >= 0.6 is 0 Å². The Labute approximate surface area is 184 Å². The number of aromatic nitrogens is 2. The highest BCUT2D eigenvalue weighted by Crippen LogP contribution is 2.11. The summed E-state index contributed by atoms with van der Waals surface area (Å²) in [5.41, 5.74) is 1.69. The highest BCUT2D eigenvalue weighted by atomic mass is 16.3. The van der Waals surface area contributed by atoms with Crippen LogP contribution in [-0.2, 0) is 22.7 Å². The van der Waals surface area contributed by atoms with Gasteiger partial charge in [-0.2, -0.15) is 0 Å². The average molecular weight is 434 g/mol. The Bertz CT molecular complexity index is 794. The van der Waals surface area contributed by atoms with Crippen molar-refractivity contribution in [3.8, 4) is 0 Å². The van der Waals surface area contributed by atoms with Gasteiger partial charge in [-0.1, -0.05) is 39.8 Å². The van der Waals surface area contributed by atoms with Crippen LogP contribution in [-0.4, -0.2) is 51.9 Å². The quantitative estimate of drug-likeness (QED) is 0.374. The fraction of sp³-hybridized carbons (Fsp3) is 0.609. The lowest BCUT2D eigenvalue weighted by Gasteiger charge is -2.17. The Morgan fingerprint density at radius 1 is 0.935 bits per heavy atom. The Hall–Kier alpha value is -2.45. The molecule has 31 heavy (non-hydrogen) atoms. The predicted octanol–water partition coefficient (Wildman–Crippen LogP) is 0.975. The first kappa shape index (κ1) is 24.8. The van der Waals surface area contributed by atoms with Crippen molar-refractivity contribution in [1.29, 1.82) is 0 Å². The number of fused-ring (bicyclic) bond motifs is 1. The molecule has 1 aromatic heterocycles. The minimum Gasteiger partial charge on any atom is -0.394 e. The lowest BCUT2D eigenvalue weighted by molar-refractivity contribution is -0.659. The molecule has 0 aliphatic rings. The number of nitrogens with one attached hydrogen (secondary N) is 2. The van der Waals surface area contributed by atoms with Crippen LogP contribution in [0.5, 0.6) is 0 Å². The molecule has 1 aromatic carbocycles. The van der Waals surface area contributed by atoms with Crippen molar-refractivity contribution in [2.45, 2.75) is 65.7 Å². The standard InChI is InChI=1S/C23H36N4O4/c1-16(2)9-18(13-28)24-22(30)11-26-15-27(21-8-6-5-7-20(21)26)12-23(31)25-19(14-29)10-17(3)4/h5-8,15-19,28-29H,9-14H2,1-4H3,(H-,24,25,30,31)/p+1/t18-,19-/m0/s1. The van der Waals surface area contributed by atoms with E-state index in [1.54, 1.807) is 15.5 Å². The van der Waals surface area contributed by atoms with Gasteiger partial charge in [-0.25, -0.2) is 9.13 Å². The van der Waals surface area contributed by atoms with Crippen LogP contribution in [0, 0.1) is 11.8 Å². The third-order valence-corrected chi connectivity index (χ3v) is 5.09. The summed E-state index contributed by atoms with van der Waals surface area (Å²) < 4.78 is 3.61. The molecule has 0 saturated carbocycles. The normalized spacial score (nSPS) is 13.5. The maximum Gasteiger partial charge on any atom is 0.262 e. The van der Waals surface area contributed by atoms with E-state index in [0.717, 1.165) is 11.0 Å². The number of para-hydroxylation sites is 2. The summed E-state index contributed by atoms with van der Waals surface area (Å²) >= 11 is 0. The van der Waals surface area contributed by atoms with Crippen LogP contribution in [0.3, 0.4) is 0 Å². The zero-order chi connectivity index (χ0) is 23.0. The van der Waals surface area contributed by atoms with Gasteiger partial charge in [0, 0.05) is 0 Å². The fourth-order valence-corrected chi connectivity index (χ4v) is 3.85. The summed E-state index contributed by atoms with van der Waals surface area (Å²) in [5.74, 6) is 0.358. The van der Waals surface area contributed by atoms with E-state index in [0.29, 0.717) is 24.7 Å². The van der Waals surface area contributed by atoms with Gasteiger partial charge in [0.1, 0.15) is 0 Å². The summed E-state index contributed by atoms with van der Waals surface area (Å²) in [4.78, 5) is 25.1. The van der Waals surface area contributed by atoms with Gasteiger partial charge >= 0.3 is 0 Å². The smallest absolute Gasteiger partial charge is 0.262 e. The fourth-order valence-electron chi connectivity index (χ4n) is 3.85. The summed E-state index contributed by atoms with van der Waals surface area (Å²) in [6.45, 7) is 8.18. The molecule has 2 aromatic rings. The van der Waals surface area contributed by atoms with Crippen LogP contribution < -0.4 is 15.2 Å². The van der Waals surface area contributed by atoms with E-state index in [1.807, 2.05) is 52.0 Å². The van der Waals surface area contributed by atoms with Crippen LogP contribution in [0.1, 0.15) is 40.5 Å². The number of benzene rings is 1. The van der Waals surface area contributed by atoms with Crippen molar-refractivity contribution >= 4 is 22.8 Å². The van der Waals surface area contributed by atoms with Crippen LogP contribution in [0.4, 0.5) is 0 Å². The van der Waals surface area contributed by atoms with Gasteiger partial charge in [0.2, 0.25) is 6.33 Å². The van der Waals surface area contributed by atoms with E-state index in [2.05, 4.69) is 10.6 Å². The molecule has 2 amide bonds. The zero-order valence-corrected chi connectivity index (χ0v) is 19.0. The van der Waals surface area contributed by atoms with E-state index in [-0.39, 0.29) is 50.2 Å². The molecule has 0 fully saturated rings. The number of carbonyl (C=O) groups is 2. The molecule has 0 aliphatic carbocycles. The average Bonchev–Trinajstić information content (AvgIpc) is 3.03. The van der Waals surface area contributed by atoms with E-state index in [9.17, 15) is 19.8 Å². The number of nitrogens with zero attached hydrogens (tertiary/aromatic N) is 2. The number of rotatable bonds is 12. The lowest BCUT2D eigenvalue weighted by Crippen LogP contribution is -2.47. The molecule has 0 bridgehead atoms. The maximum atomic E-state index is 12.6. The van der Waals surface area contributed by atoms with Crippen molar-refractivity contribution in [3.63, 3.8) is 0 Å². The Balaban J connectivity index is 2.12. The van der Waals surface area contributed by atoms with Gasteiger partial charge in [-0.15, -0.1) is 0 Å². The summed E-state index contributed by atoms with van der Waals surface area (Å²) in [7, 11) is 0. The molecule has 2 rings (SSSR count). The van der Waals surface area contributed by atoms with Gasteiger partial charge in [-0.05, 0) is 36.8 Å². The highest BCUT2D eigenvalue weighted by molar-refractivity contribution is 5.80. The number of hydrogen-bond donors (Lipinski definition) is 4. The van der Waals surface area contributed by atoms with Crippen molar-refractivity contribution in [2.24, 2.45) is 11.8 Å². The van der Waals surface area contributed by atoms with E-state index < -0.39 is 0 Å². The molecule has 8 heteroatoms. The summed E-state index contributed by atoms with van der Waals surface area (Å²) in [6.07, 6.45) is 3.17. The van der Waals surface area contributed by atoms with Crippen molar-refractivity contribution in [3.05, 3.63) is 30.6 Å². The number of aliphatic hydroxyl groups excluding tert-OH is 2. The predicted molar refractivity (Wildman–Crippen MR) is 119 cm³/mol. The van der Waals surface area contributed by atoms with Gasteiger partial charge in [-0.3, -0.25) is 9.59 Å². The molecule has 8 nitrogen and oxygen atoms in total. The second kappa shape index (κ2) is 11.8. The number of aliphatic hydroxyl groups is 2. The second-order valence-electron chi connectivity index (χ2n) is 9.01. The lowest BCUT2D eigenvalue weighted by atomic mass is 10.0. The van der Waals surface area contributed by atoms with E-state index in [4.69, 9.17) is 0 Å². The molecule has 1 heterocycles. The molecule has 0 unspecified atom stereocenters. The minimum atomic E-state index is -0.274. The monoisotopic (exact) mass is 433 g/mol. The van der Waals surface area contributed by atoms with Gasteiger partial charge in [0.05, 0.1) is 25.3 Å². The first-order valence-corrected chi connectivity index (χ1v) is 11.0. The Kier molecular flexibility index (Phi) is 9.45. The molecule has 172 valence electrons. The minimum absolute atomic E-state index is 0.0936. The first-order valence-electron chi connectivity index (χ1n) is 11.0. The van der Waals surface area contributed by atoms with Crippen LogP contribution in [0.2, 0.25) is 0 Å². The SMILES string of the molecule is CC(C)C[C@@H](CO)NC(=O)Cn1c[n+](CC(=O)N[C@H](CO)CC(C)C)c2ccccc21. The van der Waals surface area contributed by atoms with Gasteiger partial charge in [0.15, 0.2) is 24.1 Å². The Morgan fingerprint density at radius 3 is 2.03 bits per heavy atom. The molecule has 4 N–H and O–H groups in total. The Morgan fingerprint density at radius 2 is 1.48 bits per heavy atom. The maximum absolute atomic E-state index is 12.6. The van der Waals surface area contributed by atoms with Crippen molar-refractivity contribution < 1.29 is 24.4 Å². The molecular weight excluding hydrogens is 396 g/mol. The zero-order valence-electron chi connectivity index (χ0n) is 19.0. The highest BCUT2D eigenvalue weighted by Gasteiger charge is 2.22. The van der Waals surface area contributed by atoms with E-state index in [1.165, 1.54) is 0 Å². The number of imidazole rings is 1. The summed E-state index contributed by atoms with van der Waals surface area (Å²) in [5, 5.41) is 24.8. The molecule has 2 atom stereocenters. The molecule has 0 spiro atoms. The third kappa shape index (κ3) is 7.63. The number of hydrogen-bond acceptors (Lipinski definition) is 4. The van der Waals surface area contributed by atoms with Gasteiger partial charge < -0.3 is 20.8 Å². The molecule has 0 saturated heterocycles. The molecular formula is C23H37N4O4+. The number of amides is 2. The van der Waals surface area contributed by atoms with Crippen molar-refractivity contribution in [2.75, 3.05) is 13.2 Å². The van der Waals surface area contributed by atoms with E-state index >= 15 is 0 Å². The third-order valence-electron chi connectivity index (χ3n) is 5.09. The van der Waals surface area contributed by atoms with Crippen LogP contribution in [0.15, 0.2) is 30.6 Å². The number of carbonyl (C=O) groups excluding carboxylic acids is 2. The topological polar surface area (TPSA) is 107 Å². The largest absolute Gasteiger partial charge is 0.394 e. The second-order valence-corrected chi connectivity index (χ2v) is 9.01. The van der Waals surface area contributed by atoms with Crippen molar-refractivity contribution in [1.82, 2.24) is 15.2 Å². The van der Waals surface area contributed by atoms with Gasteiger partial charge in [0.25, 0.3) is 11.8 Å². The molecule has 0 radical (unpaired) electrons. The summed E-state index contributed by atoms with van der Waals surface area (Å²) in [6, 6.07) is 7.04. The molecule has 0 aliphatic heterocycles. The van der Waals surface area contributed by atoms with Crippen LogP contribution in [0.25, 0.3) is 11.0 Å². The first-order chi connectivity index (χ1) is 14.7.